The summed E-state index contributed by atoms with van der Waals surface area (Å²) in [4.78, 5) is 0. The van der Waals surface area contributed by atoms with Crippen molar-refractivity contribution in [3.8, 4) is 0 Å². The molecule has 0 radical (unpaired) electrons. The average Bonchev–Trinajstić information content (AvgIpc) is 3.21. The third-order valence-corrected chi connectivity index (χ3v) is 12.3. The highest BCUT2D eigenvalue weighted by molar-refractivity contribution is 8.18. The summed E-state index contributed by atoms with van der Waals surface area (Å²) in [5.74, 6) is 4.31. The van der Waals surface area contributed by atoms with E-state index >= 15 is 0 Å². The molecule has 0 heterocycles. The topological polar surface area (TPSA) is 18.5 Å². The van der Waals surface area contributed by atoms with Gasteiger partial charge in [-0.3, -0.25) is 0 Å². The minimum atomic E-state index is -0.333. The first-order valence-corrected chi connectivity index (χ1v) is 16.3. The maximum atomic E-state index is 6.42. The molecule has 4 heteroatoms. The molecule has 4 aliphatic carbocycles. The van der Waals surface area contributed by atoms with E-state index in [4.69, 9.17) is 9.47 Å². The Bertz CT molecular complexity index is 623. The van der Waals surface area contributed by atoms with Crippen LogP contribution in [0.5, 0.6) is 0 Å². The van der Waals surface area contributed by atoms with Crippen LogP contribution in [0, 0.1) is 29.1 Å². The second-order valence-electron chi connectivity index (χ2n) is 9.76. The molecule has 0 aliphatic heterocycles. The van der Waals surface area contributed by atoms with Gasteiger partial charge in [-0.2, -0.15) is 0 Å². The first-order chi connectivity index (χ1) is 16.0. The lowest BCUT2D eigenvalue weighted by atomic mass is 9.50. The predicted octanol–water partition coefficient (Wildman–Crippen LogP) is 9.19. The summed E-state index contributed by atoms with van der Waals surface area (Å²) < 4.78 is 13.0. The van der Waals surface area contributed by atoms with E-state index in [2.05, 4.69) is 56.6 Å². The smallest absolute Gasteiger partial charge is 0.173 e. The molecule has 0 saturated heterocycles. The van der Waals surface area contributed by atoms with Crippen LogP contribution in [0.4, 0.5) is 0 Å². The van der Waals surface area contributed by atoms with Crippen LogP contribution in [0.15, 0.2) is 11.6 Å². The highest BCUT2D eigenvalue weighted by Gasteiger charge is 2.65. The van der Waals surface area contributed by atoms with E-state index in [9.17, 15) is 0 Å². The van der Waals surface area contributed by atoms with E-state index in [1.165, 1.54) is 57.1 Å². The van der Waals surface area contributed by atoms with Gasteiger partial charge in [0.05, 0.1) is 4.08 Å². The van der Waals surface area contributed by atoms with Gasteiger partial charge in [0.15, 0.2) is 5.79 Å². The van der Waals surface area contributed by atoms with Crippen molar-refractivity contribution in [2.45, 2.75) is 116 Å². The number of fused-ring (bicyclic) bond motifs is 5. The molecular formula is C29H54O2S2. The summed E-state index contributed by atoms with van der Waals surface area (Å²) in [5.41, 5.74) is 2.05. The lowest BCUT2D eigenvalue weighted by molar-refractivity contribution is -0.293. The average molecular weight is 499 g/mol. The molecule has 3 saturated carbocycles. The fourth-order valence-corrected chi connectivity index (χ4v) is 10.6. The van der Waals surface area contributed by atoms with Crippen molar-refractivity contribution >= 4 is 23.5 Å². The van der Waals surface area contributed by atoms with Crippen LogP contribution in [-0.4, -0.2) is 35.6 Å². The van der Waals surface area contributed by atoms with Gasteiger partial charge in [0.25, 0.3) is 0 Å². The van der Waals surface area contributed by atoms with Crippen molar-refractivity contribution in [2.24, 2.45) is 29.1 Å². The number of thioether (sulfide) groups is 2. The first kappa shape index (κ1) is 29.6. The van der Waals surface area contributed by atoms with Gasteiger partial charge in [0.1, 0.15) is 0 Å². The van der Waals surface area contributed by atoms with Gasteiger partial charge in [-0.05, 0) is 94.0 Å². The van der Waals surface area contributed by atoms with Crippen LogP contribution in [-0.2, 0) is 9.47 Å². The van der Waals surface area contributed by atoms with Crippen LogP contribution >= 0.6 is 23.5 Å². The molecule has 0 aromatic rings. The van der Waals surface area contributed by atoms with E-state index in [0.29, 0.717) is 4.08 Å². The standard InChI is InChI=1S/C25H42O2S2.2C2H6/c1-6-23-14-11-20-19-12-15-24(28-5,29-8-3)17-18(19)9-10-21(20)22(23)13-16-25(23,26-4)27-7-2;2*1-2/h17,19-22H,6-16H2,1-5H3;2*1-2H3. The third-order valence-electron chi connectivity index (χ3n) is 9.28. The van der Waals surface area contributed by atoms with Gasteiger partial charge < -0.3 is 9.47 Å². The Balaban J connectivity index is 0.000000914. The van der Waals surface area contributed by atoms with Crippen molar-refractivity contribution < 1.29 is 9.47 Å². The van der Waals surface area contributed by atoms with Gasteiger partial charge in [0.2, 0.25) is 0 Å². The predicted molar refractivity (Wildman–Crippen MR) is 150 cm³/mol. The molecule has 0 amide bonds. The SMILES string of the molecule is CC.CC.CCOC1(OC)CCC2C3CCC4=CC(SC)(SCC)CCC4C3CCC21CC. The van der Waals surface area contributed by atoms with E-state index in [1.54, 1.807) is 0 Å². The van der Waals surface area contributed by atoms with Crippen molar-refractivity contribution in [1.29, 1.82) is 0 Å². The van der Waals surface area contributed by atoms with Gasteiger partial charge in [-0.1, -0.05) is 53.2 Å². The molecule has 33 heavy (non-hydrogen) atoms. The summed E-state index contributed by atoms with van der Waals surface area (Å²) >= 11 is 4.25. The zero-order chi connectivity index (χ0) is 24.7. The number of rotatable bonds is 7. The van der Waals surface area contributed by atoms with Crippen molar-refractivity contribution in [2.75, 3.05) is 25.7 Å². The van der Waals surface area contributed by atoms with Crippen LogP contribution < -0.4 is 0 Å². The zero-order valence-corrected chi connectivity index (χ0v) is 24.9. The largest absolute Gasteiger partial charge is 0.353 e. The van der Waals surface area contributed by atoms with Crippen molar-refractivity contribution in [3.05, 3.63) is 11.6 Å². The third kappa shape index (κ3) is 5.12. The molecule has 0 aromatic heterocycles. The highest BCUT2D eigenvalue weighted by atomic mass is 32.2. The molecule has 4 rings (SSSR count). The number of methoxy groups -OCH3 is 1. The van der Waals surface area contributed by atoms with E-state index in [-0.39, 0.29) is 11.2 Å². The van der Waals surface area contributed by atoms with Gasteiger partial charge in [0, 0.05) is 25.6 Å². The van der Waals surface area contributed by atoms with Crippen LogP contribution in [0.25, 0.3) is 0 Å². The monoisotopic (exact) mass is 498 g/mol. The quantitative estimate of drug-likeness (QED) is 0.257. The van der Waals surface area contributed by atoms with Gasteiger partial charge >= 0.3 is 0 Å². The Kier molecular flexibility index (Phi) is 11.7. The number of ether oxygens (including phenoxy) is 2. The van der Waals surface area contributed by atoms with E-state index in [0.717, 1.165) is 36.7 Å². The van der Waals surface area contributed by atoms with Crippen molar-refractivity contribution in [3.63, 3.8) is 0 Å². The Morgan fingerprint density at radius 1 is 0.939 bits per heavy atom. The summed E-state index contributed by atoms with van der Waals surface area (Å²) in [7, 11) is 1.90. The van der Waals surface area contributed by atoms with Crippen LogP contribution in [0.2, 0.25) is 0 Å². The molecule has 0 spiro atoms. The van der Waals surface area contributed by atoms with E-state index in [1.807, 2.05) is 40.4 Å². The minimum Gasteiger partial charge on any atom is -0.353 e. The molecular weight excluding hydrogens is 444 g/mol. The fraction of sp³-hybridized carbons (Fsp3) is 0.931. The fourth-order valence-electron chi connectivity index (χ4n) is 8.19. The van der Waals surface area contributed by atoms with Crippen LogP contribution in [0.1, 0.15) is 106 Å². The number of hydrogen-bond donors (Lipinski definition) is 0. The maximum Gasteiger partial charge on any atom is 0.173 e. The second kappa shape index (κ2) is 13.1. The summed E-state index contributed by atoms with van der Waals surface area (Å²) in [6.45, 7) is 15.6. The summed E-state index contributed by atoms with van der Waals surface area (Å²) in [5, 5.41) is 0. The zero-order valence-electron chi connectivity index (χ0n) is 23.3. The Morgan fingerprint density at radius 2 is 1.67 bits per heavy atom. The molecule has 3 fully saturated rings. The normalized spacial score (nSPS) is 41.3. The summed E-state index contributed by atoms with van der Waals surface area (Å²) in [6.07, 6.45) is 16.8. The maximum absolute atomic E-state index is 6.42. The van der Waals surface area contributed by atoms with Gasteiger partial charge in [-0.15, -0.1) is 23.5 Å². The first-order valence-electron chi connectivity index (χ1n) is 14.1. The lowest BCUT2D eigenvalue weighted by Gasteiger charge is -2.57. The molecule has 4 aliphatic rings. The molecule has 7 atom stereocenters. The molecule has 0 aromatic carbocycles. The summed E-state index contributed by atoms with van der Waals surface area (Å²) in [6, 6.07) is 0. The molecule has 0 N–H and O–H groups in total. The molecule has 0 bridgehead atoms. The highest BCUT2D eigenvalue weighted by Crippen LogP contribution is 2.68. The Morgan fingerprint density at radius 3 is 2.24 bits per heavy atom. The molecule has 2 nitrogen and oxygen atoms in total. The number of allylic oxidation sites excluding steroid dienone is 1. The lowest BCUT2D eigenvalue weighted by Crippen LogP contribution is -2.56. The van der Waals surface area contributed by atoms with Gasteiger partial charge in [-0.25, -0.2) is 0 Å². The molecule has 7 unspecified atom stereocenters. The minimum absolute atomic E-state index is 0.232. The Labute approximate surface area is 215 Å². The van der Waals surface area contributed by atoms with Crippen LogP contribution in [0.3, 0.4) is 0 Å². The molecule has 194 valence electrons. The van der Waals surface area contributed by atoms with Crippen molar-refractivity contribution in [1.82, 2.24) is 0 Å². The Hall–Kier alpha value is 0.360. The van der Waals surface area contributed by atoms with E-state index < -0.39 is 0 Å². The second-order valence-corrected chi connectivity index (χ2v) is 12.8. The number of hydrogen-bond acceptors (Lipinski definition) is 4.